The van der Waals surface area contributed by atoms with E-state index in [9.17, 15) is 4.79 Å². The van der Waals surface area contributed by atoms with Crippen LogP contribution >= 0.6 is 0 Å². The predicted octanol–water partition coefficient (Wildman–Crippen LogP) is 3.43. The van der Waals surface area contributed by atoms with Crippen LogP contribution in [0.4, 0.5) is 5.69 Å². The largest absolute Gasteiger partial charge is 0.372 e. The second-order valence-corrected chi connectivity index (χ2v) is 4.99. The highest BCUT2D eigenvalue weighted by atomic mass is 16.1. The first-order valence-electron chi connectivity index (χ1n) is 6.55. The van der Waals surface area contributed by atoms with E-state index in [4.69, 9.17) is 0 Å². The molecule has 0 radical (unpaired) electrons. The maximum Gasteiger partial charge on any atom is 0.150 e. The molecular formula is C15H21NO. The van der Waals surface area contributed by atoms with E-state index in [1.165, 1.54) is 24.9 Å². The summed E-state index contributed by atoms with van der Waals surface area (Å²) in [6, 6.07) is 6.13. The lowest BCUT2D eigenvalue weighted by atomic mass is 9.85. The van der Waals surface area contributed by atoms with Crippen molar-refractivity contribution in [3.05, 3.63) is 29.3 Å². The van der Waals surface area contributed by atoms with Crippen molar-refractivity contribution in [2.75, 3.05) is 18.0 Å². The molecule has 1 aromatic rings. The predicted molar refractivity (Wildman–Crippen MR) is 71.8 cm³/mol. The molecule has 1 aromatic carbocycles. The Bertz CT molecular complexity index is 396. The van der Waals surface area contributed by atoms with E-state index in [0.29, 0.717) is 0 Å². The minimum absolute atomic E-state index is 0.799. The first-order valence-corrected chi connectivity index (χ1v) is 6.55. The molecule has 0 N–H and O–H groups in total. The molecule has 0 amide bonds. The molecule has 0 heterocycles. The molecule has 2 rings (SSSR count). The summed E-state index contributed by atoms with van der Waals surface area (Å²) in [5, 5.41) is 0. The second kappa shape index (κ2) is 5.35. The first kappa shape index (κ1) is 12.2. The number of anilines is 1. The average molecular weight is 231 g/mol. The number of carbonyl (C=O) groups excluding carboxylic acids is 1. The van der Waals surface area contributed by atoms with E-state index < -0.39 is 0 Å². The fraction of sp³-hybridized carbons (Fsp3) is 0.533. The number of nitrogens with zero attached hydrogens (tertiary/aromatic N) is 1. The van der Waals surface area contributed by atoms with Crippen LogP contribution in [0, 0.1) is 12.8 Å². The molecule has 1 saturated carbocycles. The molecule has 0 aliphatic heterocycles. The second-order valence-electron chi connectivity index (χ2n) is 4.99. The van der Waals surface area contributed by atoms with Gasteiger partial charge in [0.1, 0.15) is 6.29 Å². The molecule has 0 unspecified atom stereocenters. The van der Waals surface area contributed by atoms with Crippen LogP contribution in [0.5, 0.6) is 0 Å². The summed E-state index contributed by atoms with van der Waals surface area (Å²) < 4.78 is 0. The standard InChI is InChI=1S/C15H21NO/c1-3-16(10-13-5-4-6-13)15-8-7-14(11-17)12(2)9-15/h7-9,11,13H,3-6,10H2,1-2H3. The number of hydrogen-bond acceptors (Lipinski definition) is 2. The van der Waals surface area contributed by atoms with Crippen LogP contribution in [0.3, 0.4) is 0 Å². The molecule has 0 saturated heterocycles. The zero-order valence-electron chi connectivity index (χ0n) is 10.8. The van der Waals surface area contributed by atoms with Gasteiger partial charge in [-0.25, -0.2) is 0 Å². The van der Waals surface area contributed by atoms with Gasteiger partial charge < -0.3 is 4.90 Å². The quantitative estimate of drug-likeness (QED) is 0.724. The number of carbonyl (C=O) groups is 1. The zero-order valence-corrected chi connectivity index (χ0v) is 10.8. The Kier molecular flexibility index (Phi) is 3.82. The molecule has 0 aromatic heterocycles. The third-order valence-electron chi connectivity index (χ3n) is 3.83. The van der Waals surface area contributed by atoms with Gasteiger partial charge in [-0.2, -0.15) is 0 Å². The smallest absolute Gasteiger partial charge is 0.150 e. The number of hydrogen-bond donors (Lipinski definition) is 0. The highest BCUT2D eigenvalue weighted by Gasteiger charge is 2.20. The maximum atomic E-state index is 10.8. The molecule has 0 atom stereocenters. The Labute approximate surface area is 104 Å². The SMILES string of the molecule is CCN(CC1CCC1)c1ccc(C=O)c(C)c1. The molecule has 92 valence electrons. The topological polar surface area (TPSA) is 20.3 Å². The Morgan fingerprint density at radius 2 is 2.18 bits per heavy atom. The third-order valence-corrected chi connectivity index (χ3v) is 3.83. The molecule has 1 aliphatic rings. The highest BCUT2D eigenvalue weighted by Crippen LogP contribution is 2.29. The van der Waals surface area contributed by atoms with Gasteiger partial charge in [-0.1, -0.05) is 6.42 Å². The Morgan fingerprint density at radius 1 is 1.41 bits per heavy atom. The summed E-state index contributed by atoms with van der Waals surface area (Å²) in [6.45, 7) is 6.40. The third kappa shape index (κ3) is 2.68. The van der Waals surface area contributed by atoms with Crippen molar-refractivity contribution in [1.82, 2.24) is 0 Å². The van der Waals surface area contributed by atoms with E-state index in [1.807, 2.05) is 13.0 Å². The number of aryl methyl sites for hydroxylation is 1. The number of aldehydes is 1. The van der Waals surface area contributed by atoms with E-state index in [0.717, 1.165) is 36.4 Å². The lowest BCUT2D eigenvalue weighted by Gasteiger charge is -2.33. The van der Waals surface area contributed by atoms with Crippen molar-refractivity contribution in [3.63, 3.8) is 0 Å². The van der Waals surface area contributed by atoms with Gasteiger partial charge in [0.2, 0.25) is 0 Å². The summed E-state index contributed by atoms with van der Waals surface area (Å²) in [6.07, 6.45) is 5.08. The minimum Gasteiger partial charge on any atom is -0.372 e. The van der Waals surface area contributed by atoms with Crippen LogP contribution < -0.4 is 4.90 Å². The lowest BCUT2D eigenvalue weighted by Crippen LogP contribution is -2.32. The van der Waals surface area contributed by atoms with Gasteiger partial charge in [0.05, 0.1) is 0 Å². The van der Waals surface area contributed by atoms with E-state index >= 15 is 0 Å². The summed E-state index contributed by atoms with van der Waals surface area (Å²) in [7, 11) is 0. The van der Waals surface area contributed by atoms with Crippen molar-refractivity contribution in [3.8, 4) is 0 Å². The van der Waals surface area contributed by atoms with Crippen LogP contribution in [0.1, 0.15) is 42.1 Å². The first-order chi connectivity index (χ1) is 8.24. The average Bonchev–Trinajstić information content (AvgIpc) is 2.28. The van der Waals surface area contributed by atoms with Crippen molar-refractivity contribution < 1.29 is 4.79 Å². The zero-order chi connectivity index (χ0) is 12.3. The normalized spacial score (nSPS) is 15.4. The van der Waals surface area contributed by atoms with Gasteiger partial charge in [0.25, 0.3) is 0 Å². The number of benzene rings is 1. The Hall–Kier alpha value is -1.31. The minimum atomic E-state index is 0.799. The molecule has 1 fully saturated rings. The molecule has 2 heteroatoms. The Morgan fingerprint density at radius 3 is 2.65 bits per heavy atom. The number of rotatable bonds is 5. The summed E-state index contributed by atoms with van der Waals surface area (Å²) >= 11 is 0. The molecular weight excluding hydrogens is 210 g/mol. The maximum absolute atomic E-state index is 10.8. The van der Waals surface area contributed by atoms with Crippen molar-refractivity contribution in [2.45, 2.75) is 33.1 Å². The van der Waals surface area contributed by atoms with E-state index in [2.05, 4.69) is 24.0 Å². The van der Waals surface area contributed by atoms with Gasteiger partial charge in [0.15, 0.2) is 0 Å². The van der Waals surface area contributed by atoms with Crippen LogP contribution in [-0.4, -0.2) is 19.4 Å². The fourth-order valence-electron chi connectivity index (χ4n) is 2.39. The molecule has 1 aliphatic carbocycles. The van der Waals surface area contributed by atoms with Gasteiger partial charge in [-0.15, -0.1) is 0 Å². The molecule has 0 spiro atoms. The van der Waals surface area contributed by atoms with Gasteiger partial charge >= 0.3 is 0 Å². The Balaban J connectivity index is 2.12. The summed E-state index contributed by atoms with van der Waals surface area (Å²) in [5.74, 6) is 0.876. The van der Waals surface area contributed by atoms with Crippen molar-refractivity contribution >= 4 is 12.0 Å². The lowest BCUT2D eigenvalue weighted by molar-refractivity contribution is 0.112. The van der Waals surface area contributed by atoms with Gasteiger partial charge in [-0.3, -0.25) is 4.79 Å². The summed E-state index contributed by atoms with van der Waals surface area (Å²) in [4.78, 5) is 13.2. The summed E-state index contributed by atoms with van der Waals surface area (Å²) in [5.41, 5.74) is 3.13. The van der Waals surface area contributed by atoms with Crippen LogP contribution in [0.15, 0.2) is 18.2 Å². The highest BCUT2D eigenvalue weighted by molar-refractivity contribution is 5.78. The van der Waals surface area contributed by atoms with Gasteiger partial charge in [-0.05, 0) is 56.4 Å². The van der Waals surface area contributed by atoms with E-state index in [1.54, 1.807) is 0 Å². The van der Waals surface area contributed by atoms with Crippen molar-refractivity contribution in [1.29, 1.82) is 0 Å². The molecule has 2 nitrogen and oxygen atoms in total. The fourth-order valence-corrected chi connectivity index (χ4v) is 2.39. The monoisotopic (exact) mass is 231 g/mol. The molecule has 0 bridgehead atoms. The van der Waals surface area contributed by atoms with Gasteiger partial charge in [0, 0.05) is 24.3 Å². The van der Waals surface area contributed by atoms with Crippen molar-refractivity contribution in [2.24, 2.45) is 5.92 Å². The van der Waals surface area contributed by atoms with Crippen LogP contribution in [0.25, 0.3) is 0 Å². The van der Waals surface area contributed by atoms with E-state index in [-0.39, 0.29) is 0 Å². The van der Waals surface area contributed by atoms with Crippen LogP contribution in [-0.2, 0) is 0 Å². The molecule has 17 heavy (non-hydrogen) atoms. The van der Waals surface area contributed by atoms with Crippen LogP contribution in [0.2, 0.25) is 0 Å².